The van der Waals surface area contributed by atoms with E-state index in [2.05, 4.69) is 16.0 Å². The van der Waals surface area contributed by atoms with Gasteiger partial charge < -0.3 is 10.1 Å². The minimum atomic E-state index is 0.152. The maximum absolute atomic E-state index is 12.7. The quantitative estimate of drug-likeness (QED) is 0.714. The highest BCUT2D eigenvalue weighted by Crippen LogP contribution is 2.24. The normalized spacial score (nSPS) is 15.3. The Hall–Kier alpha value is -2.85. The van der Waals surface area contributed by atoms with E-state index in [-0.39, 0.29) is 11.5 Å². The lowest BCUT2D eigenvalue weighted by molar-refractivity contribution is 0.0939. The maximum atomic E-state index is 12.7. The van der Waals surface area contributed by atoms with Gasteiger partial charge in [0.25, 0.3) is 0 Å². The molecule has 0 unspecified atom stereocenters. The standard InChI is InChI=1S/C21H20N2O2/c24-17-7-5-15(6-8-17)16-9-11-23(12-10-16)14-21(25)19-13-22-20-4-2-1-3-18(19)20/h1-9,13,22,24H,10-12,14H2. The molecule has 0 saturated carbocycles. The van der Waals surface area contributed by atoms with Gasteiger partial charge in [-0.1, -0.05) is 36.4 Å². The third-order valence-electron chi connectivity index (χ3n) is 4.79. The number of aromatic nitrogens is 1. The number of carbonyl (C=O) groups is 1. The predicted molar refractivity (Wildman–Crippen MR) is 99.8 cm³/mol. The lowest BCUT2D eigenvalue weighted by Crippen LogP contribution is -2.33. The molecule has 3 aromatic rings. The summed E-state index contributed by atoms with van der Waals surface area (Å²) in [6.07, 6.45) is 4.90. The van der Waals surface area contributed by atoms with Crippen LogP contribution in [0, 0.1) is 0 Å². The Labute approximate surface area is 146 Å². The van der Waals surface area contributed by atoms with E-state index in [4.69, 9.17) is 0 Å². The summed E-state index contributed by atoms with van der Waals surface area (Å²) < 4.78 is 0. The molecule has 1 aromatic heterocycles. The van der Waals surface area contributed by atoms with Crippen molar-refractivity contribution >= 4 is 22.3 Å². The second kappa shape index (κ2) is 6.57. The number of aromatic amines is 1. The van der Waals surface area contributed by atoms with E-state index < -0.39 is 0 Å². The summed E-state index contributed by atoms with van der Waals surface area (Å²) in [5.41, 5.74) is 4.18. The average molecular weight is 332 g/mol. The first-order valence-electron chi connectivity index (χ1n) is 8.51. The van der Waals surface area contributed by atoms with Gasteiger partial charge >= 0.3 is 0 Å². The number of para-hydroxylation sites is 1. The number of fused-ring (bicyclic) bond motifs is 1. The molecule has 126 valence electrons. The van der Waals surface area contributed by atoms with Gasteiger partial charge in [-0.15, -0.1) is 0 Å². The molecule has 25 heavy (non-hydrogen) atoms. The van der Waals surface area contributed by atoms with Crippen LogP contribution in [0.2, 0.25) is 0 Å². The van der Waals surface area contributed by atoms with Crippen molar-refractivity contribution in [2.24, 2.45) is 0 Å². The monoisotopic (exact) mass is 332 g/mol. The highest BCUT2D eigenvalue weighted by Gasteiger charge is 2.18. The molecular formula is C21H20N2O2. The van der Waals surface area contributed by atoms with E-state index in [0.29, 0.717) is 6.54 Å². The molecule has 1 aliphatic rings. The zero-order valence-electron chi connectivity index (χ0n) is 13.9. The van der Waals surface area contributed by atoms with Gasteiger partial charge in [-0.2, -0.15) is 0 Å². The van der Waals surface area contributed by atoms with Gasteiger partial charge in [0.2, 0.25) is 0 Å². The fourth-order valence-electron chi connectivity index (χ4n) is 3.38. The van der Waals surface area contributed by atoms with Gasteiger partial charge in [-0.05, 0) is 35.8 Å². The Kier molecular flexibility index (Phi) is 4.12. The van der Waals surface area contributed by atoms with Crippen LogP contribution in [-0.2, 0) is 0 Å². The largest absolute Gasteiger partial charge is 0.508 e. The Balaban J connectivity index is 1.44. The number of phenols is 1. The fourth-order valence-corrected chi connectivity index (χ4v) is 3.38. The van der Waals surface area contributed by atoms with Crippen molar-refractivity contribution in [1.29, 1.82) is 0 Å². The number of phenolic OH excluding ortho intramolecular Hbond substituents is 1. The molecule has 2 aromatic carbocycles. The van der Waals surface area contributed by atoms with E-state index in [0.717, 1.165) is 41.5 Å². The summed E-state index contributed by atoms with van der Waals surface area (Å²) in [6, 6.07) is 15.2. The first kappa shape index (κ1) is 15.7. The number of hydrogen-bond acceptors (Lipinski definition) is 3. The van der Waals surface area contributed by atoms with Crippen molar-refractivity contribution in [1.82, 2.24) is 9.88 Å². The molecule has 4 rings (SSSR count). The lowest BCUT2D eigenvalue weighted by atomic mass is 9.99. The lowest BCUT2D eigenvalue weighted by Gasteiger charge is -2.25. The van der Waals surface area contributed by atoms with Crippen molar-refractivity contribution < 1.29 is 9.90 Å². The van der Waals surface area contributed by atoms with Crippen LogP contribution in [0.25, 0.3) is 16.5 Å². The first-order valence-corrected chi connectivity index (χ1v) is 8.51. The number of nitrogens with zero attached hydrogens (tertiary/aromatic N) is 1. The highest BCUT2D eigenvalue weighted by molar-refractivity contribution is 6.08. The molecule has 0 bridgehead atoms. The molecule has 0 atom stereocenters. The molecule has 4 heteroatoms. The van der Waals surface area contributed by atoms with Crippen molar-refractivity contribution in [3.63, 3.8) is 0 Å². The Morgan fingerprint density at radius 2 is 1.92 bits per heavy atom. The zero-order chi connectivity index (χ0) is 17.2. The topological polar surface area (TPSA) is 56.3 Å². The molecule has 0 fully saturated rings. The summed E-state index contributed by atoms with van der Waals surface area (Å²) in [6.45, 7) is 2.06. The molecule has 0 amide bonds. The van der Waals surface area contributed by atoms with Crippen LogP contribution in [0.5, 0.6) is 5.75 Å². The third kappa shape index (κ3) is 3.21. The van der Waals surface area contributed by atoms with Crippen LogP contribution in [0.4, 0.5) is 0 Å². The molecule has 2 heterocycles. The predicted octanol–water partition coefficient (Wildman–Crippen LogP) is 3.85. The summed E-state index contributed by atoms with van der Waals surface area (Å²) in [5, 5.41) is 10.4. The van der Waals surface area contributed by atoms with E-state index >= 15 is 0 Å². The van der Waals surface area contributed by atoms with Crippen molar-refractivity contribution in [2.75, 3.05) is 19.6 Å². The summed E-state index contributed by atoms with van der Waals surface area (Å²) in [7, 11) is 0. The van der Waals surface area contributed by atoms with E-state index in [9.17, 15) is 9.90 Å². The van der Waals surface area contributed by atoms with Crippen LogP contribution < -0.4 is 0 Å². The number of carbonyl (C=O) groups excluding carboxylic acids is 1. The van der Waals surface area contributed by atoms with Crippen LogP contribution in [-0.4, -0.2) is 40.4 Å². The molecule has 1 aliphatic heterocycles. The Bertz CT molecular complexity index is 938. The smallest absolute Gasteiger partial charge is 0.178 e. The van der Waals surface area contributed by atoms with Crippen molar-refractivity contribution in [3.8, 4) is 5.75 Å². The number of ketones is 1. The molecule has 0 spiro atoms. The van der Waals surface area contributed by atoms with Gasteiger partial charge in [0.1, 0.15) is 5.75 Å². The fraction of sp³-hybridized carbons (Fsp3) is 0.190. The second-order valence-corrected chi connectivity index (χ2v) is 6.43. The van der Waals surface area contributed by atoms with Gasteiger partial charge in [-0.25, -0.2) is 0 Å². The number of aromatic hydroxyl groups is 1. The number of H-pyrrole nitrogens is 1. The first-order chi connectivity index (χ1) is 12.2. The summed E-state index contributed by atoms with van der Waals surface area (Å²) in [4.78, 5) is 18.0. The molecule has 0 aliphatic carbocycles. The van der Waals surface area contributed by atoms with Crippen LogP contribution in [0.15, 0.2) is 60.8 Å². The van der Waals surface area contributed by atoms with Gasteiger partial charge in [-0.3, -0.25) is 9.69 Å². The van der Waals surface area contributed by atoms with E-state index in [1.807, 2.05) is 42.6 Å². The molecule has 0 radical (unpaired) electrons. The number of rotatable bonds is 4. The van der Waals surface area contributed by atoms with Crippen LogP contribution in [0.1, 0.15) is 22.3 Å². The second-order valence-electron chi connectivity index (χ2n) is 6.43. The zero-order valence-corrected chi connectivity index (χ0v) is 13.9. The van der Waals surface area contributed by atoms with Gasteiger partial charge in [0, 0.05) is 35.8 Å². The van der Waals surface area contributed by atoms with Crippen molar-refractivity contribution in [3.05, 3.63) is 71.9 Å². The van der Waals surface area contributed by atoms with Gasteiger partial charge in [0.05, 0.1) is 6.54 Å². The molecular weight excluding hydrogens is 312 g/mol. The van der Waals surface area contributed by atoms with E-state index in [1.165, 1.54) is 5.57 Å². The molecule has 0 saturated heterocycles. The minimum Gasteiger partial charge on any atom is -0.508 e. The Morgan fingerprint density at radius 1 is 1.12 bits per heavy atom. The highest BCUT2D eigenvalue weighted by atomic mass is 16.3. The van der Waals surface area contributed by atoms with Crippen LogP contribution in [0.3, 0.4) is 0 Å². The minimum absolute atomic E-state index is 0.152. The number of benzene rings is 2. The summed E-state index contributed by atoms with van der Waals surface area (Å²) >= 11 is 0. The SMILES string of the molecule is O=C(CN1CC=C(c2ccc(O)cc2)CC1)c1c[nH]c2ccccc12. The third-order valence-corrected chi connectivity index (χ3v) is 4.79. The van der Waals surface area contributed by atoms with E-state index in [1.54, 1.807) is 12.1 Å². The average Bonchev–Trinajstić information content (AvgIpc) is 3.07. The van der Waals surface area contributed by atoms with Gasteiger partial charge in [0.15, 0.2) is 5.78 Å². The number of Topliss-reactive ketones (excluding diaryl/α,β-unsaturated/α-hetero) is 1. The number of nitrogens with one attached hydrogen (secondary N) is 1. The Morgan fingerprint density at radius 3 is 2.68 bits per heavy atom. The summed E-state index contributed by atoms with van der Waals surface area (Å²) in [5.74, 6) is 0.435. The molecule has 2 N–H and O–H groups in total. The number of hydrogen-bond donors (Lipinski definition) is 2. The maximum Gasteiger partial charge on any atom is 0.178 e. The van der Waals surface area contributed by atoms with Crippen LogP contribution >= 0.6 is 0 Å². The van der Waals surface area contributed by atoms with Crippen molar-refractivity contribution in [2.45, 2.75) is 6.42 Å². The molecule has 4 nitrogen and oxygen atoms in total.